The number of anilines is 1. The van der Waals surface area contributed by atoms with Gasteiger partial charge in [0.05, 0.1) is 4.91 Å². The van der Waals surface area contributed by atoms with Gasteiger partial charge in [-0.05, 0) is 79.7 Å². The number of likely N-dealkylation sites (tertiary alicyclic amines) is 1. The molecule has 0 bridgehead atoms. The zero-order valence-electron chi connectivity index (χ0n) is 18.7. The largest absolute Gasteiger partial charge is 0.484 e. The first-order chi connectivity index (χ1) is 16.5. The number of nitrogens with one attached hydrogen (secondary N) is 1. The number of hydrogen-bond acceptors (Lipinski definition) is 6. The molecule has 7 nitrogen and oxygen atoms in total. The Bertz CT molecular complexity index is 1080. The summed E-state index contributed by atoms with van der Waals surface area (Å²) >= 11 is 6.89. The number of hydrogen-bond donors (Lipinski definition) is 1. The van der Waals surface area contributed by atoms with E-state index in [1.54, 1.807) is 54.6 Å². The van der Waals surface area contributed by atoms with Crippen LogP contribution in [0.2, 0.25) is 5.02 Å². The molecule has 0 aromatic heterocycles. The second-order valence-electron chi connectivity index (χ2n) is 8.15. The number of rotatable bonds is 8. The van der Waals surface area contributed by atoms with Gasteiger partial charge in [0.25, 0.3) is 17.1 Å². The Morgan fingerprint density at radius 3 is 2.56 bits per heavy atom. The van der Waals surface area contributed by atoms with Gasteiger partial charge in [-0.2, -0.15) is 0 Å². The minimum Gasteiger partial charge on any atom is -0.484 e. The third kappa shape index (κ3) is 6.62. The van der Waals surface area contributed by atoms with Crippen LogP contribution in [0.1, 0.15) is 24.8 Å². The van der Waals surface area contributed by atoms with Crippen LogP contribution in [0.25, 0.3) is 6.08 Å². The van der Waals surface area contributed by atoms with Crippen molar-refractivity contribution in [3.63, 3.8) is 0 Å². The molecule has 34 heavy (non-hydrogen) atoms. The van der Waals surface area contributed by atoms with Gasteiger partial charge in [-0.25, -0.2) is 0 Å². The summed E-state index contributed by atoms with van der Waals surface area (Å²) in [5, 5.41) is 3.03. The molecule has 178 valence electrons. The predicted octanol–water partition coefficient (Wildman–Crippen LogP) is 4.88. The fourth-order valence-corrected chi connectivity index (χ4v) is 4.90. The molecule has 0 spiro atoms. The molecule has 0 radical (unpaired) electrons. The number of carbonyl (C=O) groups excluding carboxylic acids is 3. The summed E-state index contributed by atoms with van der Waals surface area (Å²) in [6.45, 7) is 3.06. The Labute approximate surface area is 208 Å². The van der Waals surface area contributed by atoms with Crippen molar-refractivity contribution in [3.05, 3.63) is 64.0 Å². The van der Waals surface area contributed by atoms with E-state index in [1.807, 2.05) is 0 Å². The third-order valence-corrected chi connectivity index (χ3v) is 6.76. The van der Waals surface area contributed by atoms with Crippen LogP contribution < -0.4 is 10.1 Å². The summed E-state index contributed by atoms with van der Waals surface area (Å²) in [5.41, 5.74) is 1.37. The van der Waals surface area contributed by atoms with Gasteiger partial charge in [0, 0.05) is 23.8 Å². The third-order valence-electron chi connectivity index (χ3n) is 5.62. The van der Waals surface area contributed by atoms with E-state index in [2.05, 4.69) is 10.2 Å². The Balaban J connectivity index is 1.28. The molecule has 9 heteroatoms. The first kappa shape index (κ1) is 24.3. The van der Waals surface area contributed by atoms with Crippen molar-refractivity contribution >= 4 is 52.2 Å². The van der Waals surface area contributed by atoms with Gasteiger partial charge < -0.3 is 15.0 Å². The molecular formula is C25H26ClN3O4S. The summed E-state index contributed by atoms with van der Waals surface area (Å²) in [7, 11) is 0. The highest BCUT2D eigenvalue weighted by molar-refractivity contribution is 8.18. The maximum Gasteiger partial charge on any atom is 0.293 e. The van der Waals surface area contributed by atoms with Crippen LogP contribution in [-0.2, 0) is 9.59 Å². The maximum absolute atomic E-state index is 12.7. The number of amides is 3. The molecule has 2 fully saturated rings. The smallest absolute Gasteiger partial charge is 0.293 e. The quantitative estimate of drug-likeness (QED) is 0.521. The number of imide groups is 1. The summed E-state index contributed by atoms with van der Waals surface area (Å²) < 4.78 is 5.54. The lowest BCUT2D eigenvalue weighted by molar-refractivity contribution is -0.123. The van der Waals surface area contributed by atoms with E-state index in [1.165, 1.54) is 24.2 Å². The molecule has 1 N–H and O–H groups in total. The standard InChI is InChI=1S/C25H26ClN3O4S/c26-19-5-4-6-20(16-19)27-23(30)17-33-21-9-7-18(8-10-21)15-22-24(31)29(25(32)34-22)14-13-28-11-2-1-3-12-28/h4-10,15-16H,1-3,11-14,17H2,(H,27,30)/b22-15-. The summed E-state index contributed by atoms with van der Waals surface area (Å²) in [6, 6.07) is 13.9. The lowest BCUT2D eigenvalue weighted by Gasteiger charge is -2.27. The number of benzene rings is 2. The van der Waals surface area contributed by atoms with Crippen LogP contribution in [0.3, 0.4) is 0 Å². The van der Waals surface area contributed by atoms with Crippen molar-refractivity contribution in [2.75, 3.05) is 38.1 Å². The average molecular weight is 500 g/mol. The molecule has 3 amide bonds. The van der Waals surface area contributed by atoms with Gasteiger partial charge in [0.1, 0.15) is 5.75 Å². The Hall–Kier alpha value is -2.81. The van der Waals surface area contributed by atoms with Gasteiger partial charge >= 0.3 is 0 Å². The van der Waals surface area contributed by atoms with Crippen LogP contribution in [0.5, 0.6) is 5.75 Å². The Morgan fingerprint density at radius 1 is 1.06 bits per heavy atom. The molecule has 2 aromatic rings. The molecule has 4 rings (SSSR count). The zero-order chi connectivity index (χ0) is 23.9. The lowest BCUT2D eigenvalue weighted by atomic mass is 10.1. The summed E-state index contributed by atoms with van der Waals surface area (Å²) in [6.07, 6.45) is 5.31. The van der Waals surface area contributed by atoms with E-state index in [4.69, 9.17) is 16.3 Å². The van der Waals surface area contributed by atoms with E-state index in [9.17, 15) is 14.4 Å². The van der Waals surface area contributed by atoms with Gasteiger partial charge in [-0.1, -0.05) is 36.2 Å². The average Bonchev–Trinajstić information content (AvgIpc) is 3.10. The number of ether oxygens (including phenoxy) is 1. The Morgan fingerprint density at radius 2 is 1.82 bits per heavy atom. The number of piperidine rings is 1. The topological polar surface area (TPSA) is 79.0 Å². The van der Waals surface area contributed by atoms with Crippen LogP contribution in [0, 0.1) is 0 Å². The van der Waals surface area contributed by atoms with E-state index < -0.39 is 0 Å². The van der Waals surface area contributed by atoms with E-state index in [0.29, 0.717) is 27.9 Å². The second-order valence-corrected chi connectivity index (χ2v) is 9.58. The van der Waals surface area contributed by atoms with Crippen LogP contribution >= 0.6 is 23.4 Å². The minimum atomic E-state index is -0.301. The monoisotopic (exact) mass is 499 g/mol. The van der Waals surface area contributed by atoms with Gasteiger partial charge in [-0.3, -0.25) is 19.3 Å². The van der Waals surface area contributed by atoms with Crippen molar-refractivity contribution in [2.24, 2.45) is 0 Å². The second kappa shape index (κ2) is 11.6. The minimum absolute atomic E-state index is 0.151. The molecule has 0 atom stereocenters. The summed E-state index contributed by atoms with van der Waals surface area (Å²) in [5.74, 6) is -0.0253. The normalized spacial score (nSPS) is 17.9. The van der Waals surface area contributed by atoms with Crippen molar-refractivity contribution in [1.82, 2.24) is 9.80 Å². The Kier molecular flexibility index (Phi) is 8.26. The molecule has 0 aliphatic carbocycles. The van der Waals surface area contributed by atoms with Crippen LogP contribution in [0.4, 0.5) is 10.5 Å². The molecular weight excluding hydrogens is 474 g/mol. The lowest BCUT2D eigenvalue weighted by Crippen LogP contribution is -2.39. The highest BCUT2D eigenvalue weighted by Crippen LogP contribution is 2.32. The first-order valence-corrected chi connectivity index (χ1v) is 12.4. The SMILES string of the molecule is O=C(COc1ccc(/C=C2\SC(=O)N(CCN3CCCCC3)C2=O)cc1)Nc1cccc(Cl)c1. The fourth-order valence-electron chi connectivity index (χ4n) is 3.84. The number of carbonyl (C=O) groups is 3. The molecule has 2 heterocycles. The van der Waals surface area contributed by atoms with Gasteiger partial charge in [-0.15, -0.1) is 0 Å². The highest BCUT2D eigenvalue weighted by atomic mass is 35.5. The van der Waals surface area contributed by atoms with E-state index in [-0.39, 0.29) is 23.7 Å². The van der Waals surface area contributed by atoms with Crippen LogP contribution in [-0.4, -0.2) is 59.6 Å². The number of thioether (sulfide) groups is 1. The number of nitrogens with zero attached hydrogens (tertiary/aromatic N) is 2. The van der Waals surface area contributed by atoms with Gasteiger partial charge in [0.15, 0.2) is 6.61 Å². The molecule has 2 aliphatic heterocycles. The van der Waals surface area contributed by atoms with Crippen LogP contribution in [0.15, 0.2) is 53.4 Å². The molecule has 0 saturated carbocycles. The fraction of sp³-hybridized carbons (Fsp3) is 0.320. The number of halogens is 1. The van der Waals surface area contributed by atoms with Crippen molar-refractivity contribution < 1.29 is 19.1 Å². The van der Waals surface area contributed by atoms with E-state index >= 15 is 0 Å². The van der Waals surface area contributed by atoms with E-state index in [0.717, 1.165) is 37.0 Å². The summed E-state index contributed by atoms with van der Waals surface area (Å²) in [4.78, 5) is 41.2. The maximum atomic E-state index is 12.7. The zero-order valence-corrected chi connectivity index (χ0v) is 20.2. The first-order valence-electron chi connectivity index (χ1n) is 11.2. The molecule has 0 unspecified atom stereocenters. The molecule has 2 aromatic carbocycles. The van der Waals surface area contributed by atoms with Crippen molar-refractivity contribution in [2.45, 2.75) is 19.3 Å². The molecule has 2 saturated heterocycles. The van der Waals surface area contributed by atoms with Crippen molar-refractivity contribution in [3.8, 4) is 5.75 Å². The van der Waals surface area contributed by atoms with Gasteiger partial charge in [0.2, 0.25) is 0 Å². The predicted molar refractivity (Wildman–Crippen MR) is 135 cm³/mol. The van der Waals surface area contributed by atoms with Crippen molar-refractivity contribution in [1.29, 1.82) is 0 Å². The molecule has 2 aliphatic rings. The highest BCUT2D eigenvalue weighted by Gasteiger charge is 2.35.